The first-order valence-electron chi connectivity index (χ1n) is 5.46. The summed E-state index contributed by atoms with van der Waals surface area (Å²) >= 11 is 5.77. The van der Waals surface area contributed by atoms with Crippen LogP contribution in [-0.2, 0) is 9.59 Å². The van der Waals surface area contributed by atoms with E-state index in [0.717, 1.165) is 5.56 Å². The molecule has 2 rings (SSSR count). The molecule has 6 heteroatoms. The Labute approximate surface area is 108 Å². The molecule has 0 saturated carbocycles. The van der Waals surface area contributed by atoms with Crippen LogP contribution in [0, 0.1) is 5.92 Å². The van der Waals surface area contributed by atoms with Crippen LogP contribution in [0.4, 0.5) is 0 Å². The molecule has 0 amide bonds. The zero-order valence-electron chi connectivity index (χ0n) is 9.34. The standard InChI is InChI=1S/C12H12ClNO4/c13-7-3-1-6(2-4-7)10-8(11(15)16)5-9(14-10)12(17)18/h1-4,8-10,14H,5H2,(H,15,16)(H,17,18)/t8-,9-,10+/m0/s1. The molecule has 18 heavy (non-hydrogen) atoms. The monoisotopic (exact) mass is 269 g/mol. The summed E-state index contributed by atoms with van der Waals surface area (Å²) in [6.07, 6.45) is 0.0813. The van der Waals surface area contributed by atoms with Crippen molar-refractivity contribution < 1.29 is 19.8 Å². The maximum atomic E-state index is 11.2. The molecule has 96 valence electrons. The lowest BCUT2D eigenvalue weighted by Gasteiger charge is -2.16. The van der Waals surface area contributed by atoms with Crippen LogP contribution in [0.1, 0.15) is 18.0 Å². The summed E-state index contributed by atoms with van der Waals surface area (Å²) in [7, 11) is 0. The molecule has 0 unspecified atom stereocenters. The van der Waals surface area contributed by atoms with Crippen molar-refractivity contribution in [3.63, 3.8) is 0 Å². The van der Waals surface area contributed by atoms with Gasteiger partial charge in [-0.2, -0.15) is 0 Å². The van der Waals surface area contributed by atoms with Crippen LogP contribution in [0.5, 0.6) is 0 Å². The first-order chi connectivity index (χ1) is 8.49. The maximum Gasteiger partial charge on any atom is 0.320 e. The van der Waals surface area contributed by atoms with Gasteiger partial charge in [-0.25, -0.2) is 0 Å². The lowest BCUT2D eigenvalue weighted by atomic mass is 9.93. The predicted molar refractivity (Wildman–Crippen MR) is 64.5 cm³/mol. The third-order valence-corrected chi connectivity index (χ3v) is 3.37. The highest BCUT2D eigenvalue weighted by Crippen LogP contribution is 2.33. The van der Waals surface area contributed by atoms with E-state index in [4.69, 9.17) is 21.8 Å². The molecule has 0 aliphatic carbocycles. The number of aliphatic carboxylic acids is 2. The Morgan fingerprint density at radius 1 is 1.17 bits per heavy atom. The van der Waals surface area contributed by atoms with Crippen LogP contribution in [0.3, 0.4) is 0 Å². The number of hydrogen-bond donors (Lipinski definition) is 3. The molecule has 0 bridgehead atoms. The lowest BCUT2D eigenvalue weighted by molar-refractivity contribution is -0.142. The van der Waals surface area contributed by atoms with E-state index in [-0.39, 0.29) is 6.42 Å². The Balaban J connectivity index is 2.27. The van der Waals surface area contributed by atoms with Crippen molar-refractivity contribution in [1.82, 2.24) is 5.32 Å². The molecule has 1 aliphatic heterocycles. The molecular weight excluding hydrogens is 258 g/mol. The molecule has 0 radical (unpaired) electrons. The SMILES string of the molecule is O=C(O)[C@@H]1C[C@H](C(=O)O)[C@@H](c2ccc(Cl)cc2)N1. The van der Waals surface area contributed by atoms with Crippen molar-refractivity contribution in [2.24, 2.45) is 5.92 Å². The molecule has 3 N–H and O–H groups in total. The van der Waals surface area contributed by atoms with E-state index in [2.05, 4.69) is 5.32 Å². The van der Waals surface area contributed by atoms with Crippen molar-refractivity contribution in [3.05, 3.63) is 34.9 Å². The molecule has 1 aromatic carbocycles. The zero-order chi connectivity index (χ0) is 13.3. The Morgan fingerprint density at radius 2 is 1.78 bits per heavy atom. The fraction of sp³-hybridized carbons (Fsp3) is 0.333. The summed E-state index contributed by atoms with van der Waals surface area (Å²) in [5.41, 5.74) is 0.732. The van der Waals surface area contributed by atoms with Crippen LogP contribution in [-0.4, -0.2) is 28.2 Å². The normalized spacial score (nSPS) is 27.1. The number of hydrogen-bond acceptors (Lipinski definition) is 3. The van der Waals surface area contributed by atoms with Crippen LogP contribution in [0.25, 0.3) is 0 Å². The summed E-state index contributed by atoms with van der Waals surface area (Å²) in [6.45, 7) is 0. The molecule has 5 nitrogen and oxygen atoms in total. The van der Waals surface area contributed by atoms with Gasteiger partial charge in [-0.3, -0.25) is 14.9 Å². The van der Waals surface area contributed by atoms with Gasteiger partial charge < -0.3 is 10.2 Å². The van der Waals surface area contributed by atoms with Crippen molar-refractivity contribution in [3.8, 4) is 0 Å². The van der Waals surface area contributed by atoms with Gasteiger partial charge in [0.05, 0.1) is 5.92 Å². The third-order valence-electron chi connectivity index (χ3n) is 3.12. The number of carboxylic acid groups (broad SMARTS) is 2. The van der Waals surface area contributed by atoms with E-state index in [9.17, 15) is 9.59 Å². The largest absolute Gasteiger partial charge is 0.481 e. The van der Waals surface area contributed by atoms with Gasteiger partial charge in [0.2, 0.25) is 0 Å². The third kappa shape index (κ3) is 2.47. The molecular formula is C12H12ClNO4. The van der Waals surface area contributed by atoms with Gasteiger partial charge >= 0.3 is 11.9 Å². The number of carboxylic acids is 2. The van der Waals surface area contributed by atoms with Gasteiger partial charge in [0, 0.05) is 11.1 Å². The van der Waals surface area contributed by atoms with Crippen LogP contribution < -0.4 is 5.32 Å². The fourth-order valence-corrected chi connectivity index (χ4v) is 2.33. The van der Waals surface area contributed by atoms with Gasteiger partial charge in [0.15, 0.2) is 0 Å². The van der Waals surface area contributed by atoms with E-state index in [1.165, 1.54) is 0 Å². The Morgan fingerprint density at radius 3 is 2.28 bits per heavy atom. The quantitative estimate of drug-likeness (QED) is 0.775. The molecule has 0 spiro atoms. The molecule has 1 aliphatic rings. The summed E-state index contributed by atoms with van der Waals surface area (Å²) in [6, 6.07) is 5.41. The Hall–Kier alpha value is -1.59. The van der Waals surface area contributed by atoms with E-state index < -0.39 is 29.9 Å². The summed E-state index contributed by atoms with van der Waals surface area (Å²) < 4.78 is 0. The first kappa shape index (κ1) is 12.9. The molecule has 1 saturated heterocycles. The van der Waals surface area contributed by atoms with Gasteiger partial charge in [-0.1, -0.05) is 23.7 Å². The van der Waals surface area contributed by atoms with Crippen LogP contribution in [0.2, 0.25) is 5.02 Å². The molecule has 0 aromatic heterocycles. The summed E-state index contributed by atoms with van der Waals surface area (Å²) in [4.78, 5) is 22.1. The van der Waals surface area contributed by atoms with Crippen LogP contribution in [0.15, 0.2) is 24.3 Å². The number of carbonyl (C=O) groups is 2. The van der Waals surface area contributed by atoms with Crippen LogP contribution >= 0.6 is 11.6 Å². The molecule has 3 atom stereocenters. The van der Waals surface area contributed by atoms with Gasteiger partial charge in [-0.05, 0) is 24.1 Å². The average molecular weight is 270 g/mol. The minimum atomic E-state index is -1.03. The highest BCUT2D eigenvalue weighted by atomic mass is 35.5. The van der Waals surface area contributed by atoms with Gasteiger partial charge in [-0.15, -0.1) is 0 Å². The number of halogens is 1. The minimum absolute atomic E-state index is 0.0813. The Kier molecular flexibility index (Phi) is 3.54. The van der Waals surface area contributed by atoms with Crippen molar-refractivity contribution in [2.45, 2.75) is 18.5 Å². The van der Waals surface area contributed by atoms with Gasteiger partial charge in [0.1, 0.15) is 6.04 Å². The van der Waals surface area contributed by atoms with E-state index in [1.807, 2.05) is 0 Å². The van der Waals surface area contributed by atoms with Crippen molar-refractivity contribution in [1.29, 1.82) is 0 Å². The zero-order valence-corrected chi connectivity index (χ0v) is 10.1. The second kappa shape index (κ2) is 4.96. The summed E-state index contributed by atoms with van der Waals surface area (Å²) in [5, 5.41) is 21.5. The fourth-order valence-electron chi connectivity index (χ4n) is 2.21. The first-order valence-corrected chi connectivity index (χ1v) is 5.84. The topological polar surface area (TPSA) is 86.6 Å². The second-order valence-electron chi connectivity index (χ2n) is 4.27. The molecule has 1 aromatic rings. The highest BCUT2D eigenvalue weighted by molar-refractivity contribution is 6.30. The molecule has 1 fully saturated rings. The smallest absolute Gasteiger partial charge is 0.320 e. The van der Waals surface area contributed by atoms with E-state index in [0.29, 0.717) is 5.02 Å². The number of rotatable bonds is 3. The molecule has 1 heterocycles. The minimum Gasteiger partial charge on any atom is -0.481 e. The summed E-state index contributed by atoms with van der Waals surface area (Å²) in [5.74, 6) is -2.77. The van der Waals surface area contributed by atoms with E-state index >= 15 is 0 Å². The second-order valence-corrected chi connectivity index (χ2v) is 4.70. The maximum absolute atomic E-state index is 11.2. The van der Waals surface area contributed by atoms with Crippen molar-refractivity contribution >= 4 is 23.5 Å². The number of benzene rings is 1. The number of nitrogens with one attached hydrogen (secondary N) is 1. The van der Waals surface area contributed by atoms with E-state index in [1.54, 1.807) is 24.3 Å². The lowest BCUT2D eigenvalue weighted by Crippen LogP contribution is -2.32. The highest BCUT2D eigenvalue weighted by Gasteiger charge is 2.41. The van der Waals surface area contributed by atoms with Gasteiger partial charge in [0.25, 0.3) is 0 Å². The predicted octanol–water partition coefficient (Wildman–Crippen LogP) is 1.53. The Bertz CT molecular complexity index is 473. The van der Waals surface area contributed by atoms with Crippen molar-refractivity contribution in [2.75, 3.05) is 0 Å². The average Bonchev–Trinajstić information content (AvgIpc) is 2.75.